The van der Waals surface area contributed by atoms with Crippen molar-refractivity contribution in [1.82, 2.24) is 4.98 Å². The molecule has 0 saturated carbocycles. The molecule has 0 unspecified atom stereocenters. The maximum absolute atomic E-state index is 12.4. The Balaban J connectivity index is 2.41. The number of nitrogens with zero attached hydrogens (tertiary/aromatic N) is 1. The van der Waals surface area contributed by atoms with Gasteiger partial charge in [-0.05, 0) is 36.1 Å². The average molecular weight is 323 g/mol. The van der Waals surface area contributed by atoms with Crippen molar-refractivity contribution in [2.75, 3.05) is 5.32 Å². The van der Waals surface area contributed by atoms with E-state index in [1.165, 1.54) is 6.20 Å². The molecule has 2 aromatic rings. The summed E-state index contributed by atoms with van der Waals surface area (Å²) in [5.41, 5.74) is 3.11. The van der Waals surface area contributed by atoms with Crippen molar-refractivity contribution in [2.45, 2.75) is 26.7 Å². The molecule has 0 radical (unpaired) electrons. The molecule has 1 amide bonds. The molecule has 0 aliphatic carbocycles. The molecule has 110 valence electrons. The van der Waals surface area contributed by atoms with Crippen LogP contribution in [0.25, 0.3) is 0 Å². The third-order valence-corrected chi connectivity index (χ3v) is 4.01. The Hall–Kier alpha value is -1.58. The maximum atomic E-state index is 12.4. The molecule has 3 nitrogen and oxygen atoms in total. The predicted octanol–water partition coefficient (Wildman–Crippen LogP) is 4.77. The summed E-state index contributed by atoms with van der Waals surface area (Å²) in [5.74, 6) is -0.278. The van der Waals surface area contributed by atoms with Crippen molar-refractivity contribution < 1.29 is 4.79 Å². The standard InChI is InChI=1S/C16H16Cl2N2O/c1-3-10-5-6-13(17)11(4-2)15(10)20-16(21)12-9-19-8-7-14(12)18/h5-9H,3-4H2,1-2H3,(H,20,21). The molecule has 5 heteroatoms. The summed E-state index contributed by atoms with van der Waals surface area (Å²) < 4.78 is 0. The molecule has 0 aliphatic rings. The fourth-order valence-electron chi connectivity index (χ4n) is 2.19. The summed E-state index contributed by atoms with van der Waals surface area (Å²) >= 11 is 12.3. The molecule has 1 heterocycles. The first kappa shape index (κ1) is 15.8. The van der Waals surface area contributed by atoms with E-state index in [-0.39, 0.29) is 5.91 Å². The summed E-state index contributed by atoms with van der Waals surface area (Å²) in [5, 5.41) is 3.96. The Labute approximate surface area is 134 Å². The molecule has 2 rings (SSSR count). The van der Waals surface area contributed by atoms with Crippen LogP contribution in [0.3, 0.4) is 0 Å². The highest BCUT2D eigenvalue weighted by Crippen LogP contribution is 2.30. The quantitative estimate of drug-likeness (QED) is 0.881. The van der Waals surface area contributed by atoms with Crippen molar-refractivity contribution >= 4 is 34.8 Å². The maximum Gasteiger partial charge on any atom is 0.258 e. The number of anilines is 1. The van der Waals surface area contributed by atoms with Crippen LogP contribution in [0, 0.1) is 0 Å². The highest BCUT2D eigenvalue weighted by Gasteiger charge is 2.16. The van der Waals surface area contributed by atoms with Crippen LogP contribution in [0.4, 0.5) is 5.69 Å². The molecule has 1 N–H and O–H groups in total. The monoisotopic (exact) mass is 322 g/mol. The molecule has 0 bridgehead atoms. The van der Waals surface area contributed by atoms with E-state index in [4.69, 9.17) is 23.2 Å². The fraction of sp³-hybridized carbons (Fsp3) is 0.250. The van der Waals surface area contributed by atoms with Crippen LogP contribution in [0.1, 0.15) is 35.3 Å². The minimum atomic E-state index is -0.278. The van der Waals surface area contributed by atoms with Crippen molar-refractivity contribution in [3.05, 3.63) is 57.3 Å². The number of carbonyl (C=O) groups is 1. The lowest BCUT2D eigenvalue weighted by Crippen LogP contribution is -2.15. The summed E-state index contributed by atoms with van der Waals surface area (Å²) in [4.78, 5) is 16.3. The summed E-state index contributed by atoms with van der Waals surface area (Å²) in [6.45, 7) is 4.04. The van der Waals surface area contributed by atoms with Crippen LogP contribution in [0.15, 0.2) is 30.6 Å². The van der Waals surface area contributed by atoms with Crippen LogP contribution in [0.2, 0.25) is 10.0 Å². The number of pyridine rings is 1. The molecule has 0 fully saturated rings. The zero-order chi connectivity index (χ0) is 15.4. The van der Waals surface area contributed by atoms with Crippen molar-refractivity contribution in [3.63, 3.8) is 0 Å². The summed E-state index contributed by atoms with van der Waals surface area (Å²) in [6.07, 6.45) is 4.55. The zero-order valence-electron chi connectivity index (χ0n) is 11.9. The second kappa shape index (κ2) is 6.92. The van der Waals surface area contributed by atoms with E-state index in [0.717, 1.165) is 29.7 Å². The number of aromatic nitrogens is 1. The normalized spacial score (nSPS) is 10.5. The van der Waals surface area contributed by atoms with Gasteiger partial charge in [0.1, 0.15) is 0 Å². The van der Waals surface area contributed by atoms with Gasteiger partial charge in [-0.25, -0.2) is 0 Å². The minimum Gasteiger partial charge on any atom is -0.321 e. The molecule has 0 aliphatic heterocycles. The number of amides is 1. The Bertz CT molecular complexity index is 671. The van der Waals surface area contributed by atoms with Gasteiger partial charge < -0.3 is 5.32 Å². The van der Waals surface area contributed by atoms with Gasteiger partial charge >= 0.3 is 0 Å². The minimum absolute atomic E-state index is 0.278. The summed E-state index contributed by atoms with van der Waals surface area (Å²) in [7, 11) is 0. The Kier molecular flexibility index (Phi) is 5.21. The van der Waals surface area contributed by atoms with Gasteiger partial charge in [0.2, 0.25) is 0 Å². The predicted molar refractivity (Wildman–Crippen MR) is 87.4 cm³/mol. The van der Waals surface area contributed by atoms with Crippen LogP contribution < -0.4 is 5.32 Å². The van der Waals surface area contributed by atoms with Gasteiger partial charge in [-0.3, -0.25) is 9.78 Å². The lowest BCUT2D eigenvalue weighted by molar-refractivity contribution is 0.102. The molecule has 1 aromatic carbocycles. The van der Waals surface area contributed by atoms with E-state index >= 15 is 0 Å². The second-order valence-corrected chi connectivity index (χ2v) is 5.39. The summed E-state index contributed by atoms with van der Waals surface area (Å²) in [6, 6.07) is 5.39. The molecular weight excluding hydrogens is 307 g/mol. The van der Waals surface area contributed by atoms with Gasteiger partial charge in [-0.2, -0.15) is 0 Å². The van der Waals surface area contributed by atoms with E-state index in [1.54, 1.807) is 12.3 Å². The molecule has 21 heavy (non-hydrogen) atoms. The lowest BCUT2D eigenvalue weighted by atomic mass is 10.0. The number of aryl methyl sites for hydroxylation is 1. The highest BCUT2D eigenvalue weighted by atomic mass is 35.5. The van der Waals surface area contributed by atoms with E-state index in [9.17, 15) is 4.79 Å². The number of carbonyl (C=O) groups excluding carboxylic acids is 1. The Morgan fingerprint density at radius 1 is 1.14 bits per heavy atom. The number of halogens is 2. The first-order valence-corrected chi connectivity index (χ1v) is 7.55. The topological polar surface area (TPSA) is 42.0 Å². The van der Waals surface area contributed by atoms with Crippen LogP contribution in [-0.2, 0) is 12.8 Å². The van der Waals surface area contributed by atoms with Crippen molar-refractivity contribution in [1.29, 1.82) is 0 Å². The molecule has 0 saturated heterocycles. The number of hydrogen-bond acceptors (Lipinski definition) is 2. The van der Waals surface area contributed by atoms with Crippen molar-refractivity contribution in [2.24, 2.45) is 0 Å². The number of hydrogen-bond donors (Lipinski definition) is 1. The SMILES string of the molecule is CCc1ccc(Cl)c(CC)c1NC(=O)c1cnccc1Cl. The molecular formula is C16H16Cl2N2O. The number of rotatable bonds is 4. The third kappa shape index (κ3) is 3.36. The largest absolute Gasteiger partial charge is 0.321 e. The van der Waals surface area contributed by atoms with Gasteiger partial charge in [0, 0.05) is 23.1 Å². The van der Waals surface area contributed by atoms with E-state index in [1.807, 2.05) is 26.0 Å². The highest BCUT2D eigenvalue weighted by molar-refractivity contribution is 6.34. The molecule has 0 spiro atoms. The second-order valence-electron chi connectivity index (χ2n) is 4.58. The van der Waals surface area contributed by atoms with E-state index in [0.29, 0.717) is 15.6 Å². The van der Waals surface area contributed by atoms with Gasteiger partial charge in [-0.15, -0.1) is 0 Å². The van der Waals surface area contributed by atoms with Gasteiger partial charge in [0.25, 0.3) is 5.91 Å². The van der Waals surface area contributed by atoms with E-state index in [2.05, 4.69) is 10.3 Å². The first-order valence-electron chi connectivity index (χ1n) is 6.79. The van der Waals surface area contributed by atoms with Crippen LogP contribution in [0.5, 0.6) is 0 Å². The fourth-order valence-corrected chi connectivity index (χ4v) is 2.67. The molecule has 0 atom stereocenters. The van der Waals surface area contributed by atoms with Crippen molar-refractivity contribution in [3.8, 4) is 0 Å². The van der Waals surface area contributed by atoms with Gasteiger partial charge in [0.15, 0.2) is 0 Å². The zero-order valence-corrected chi connectivity index (χ0v) is 13.4. The number of nitrogens with one attached hydrogen (secondary N) is 1. The Morgan fingerprint density at radius 2 is 1.90 bits per heavy atom. The third-order valence-electron chi connectivity index (χ3n) is 3.33. The van der Waals surface area contributed by atoms with E-state index < -0.39 is 0 Å². The number of benzene rings is 1. The van der Waals surface area contributed by atoms with Gasteiger partial charge in [0.05, 0.1) is 10.6 Å². The lowest BCUT2D eigenvalue weighted by Gasteiger charge is -2.16. The average Bonchev–Trinajstić information content (AvgIpc) is 2.48. The molecule has 1 aromatic heterocycles. The van der Waals surface area contributed by atoms with Crippen LogP contribution in [-0.4, -0.2) is 10.9 Å². The van der Waals surface area contributed by atoms with Gasteiger partial charge in [-0.1, -0.05) is 43.1 Å². The smallest absolute Gasteiger partial charge is 0.258 e. The first-order chi connectivity index (χ1) is 10.1. The Morgan fingerprint density at radius 3 is 2.52 bits per heavy atom. The van der Waals surface area contributed by atoms with Crippen LogP contribution >= 0.6 is 23.2 Å².